The zero-order chi connectivity index (χ0) is 21.5. The number of hydrogen-bond donors (Lipinski definition) is 2. The van der Waals surface area contributed by atoms with Crippen LogP contribution in [0.3, 0.4) is 0 Å². The minimum atomic E-state index is -0.273. The maximum atomic E-state index is 12.8. The molecule has 3 aromatic carbocycles. The highest BCUT2D eigenvalue weighted by molar-refractivity contribution is 8.00. The number of amides is 2. The van der Waals surface area contributed by atoms with E-state index in [0.29, 0.717) is 32.4 Å². The summed E-state index contributed by atoms with van der Waals surface area (Å²) in [6.45, 7) is 1.84. The van der Waals surface area contributed by atoms with Gasteiger partial charge in [0.2, 0.25) is 5.91 Å². The standard InChI is InChI=1S/C23H18ClN3O2S/c1-15-19(24)9-5-10-20(15)27-23(29)18-8-2-3-11-21(18)30-14-22(28)26-17-7-4-6-16(12-17)13-25/h2-12H,14H2,1H3,(H,26,28)(H,27,29). The van der Waals surface area contributed by atoms with Crippen LogP contribution in [0.2, 0.25) is 5.02 Å². The van der Waals surface area contributed by atoms with Crippen LogP contribution in [0.4, 0.5) is 11.4 Å². The van der Waals surface area contributed by atoms with Gasteiger partial charge in [-0.2, -0.15) is 5.26 Å². The van der Waals surface area contributed by atoms with Crippen LogP contribution in [-0.2, 0) is 4.79 Å². The largest absolute Gasteiger partial charge is 0.325 e. The van der Waals surface area contributed by atoms with E-state index in [-0.39, 0.29) is 17.6 Å². The maximum Gasteiger partial charge on any atom is 0.256 e. The number of halogens is 1. The summed E-state index contributed by atoms with van der Waals surface area (Å²) < 4.78 is 0. The smallest absolute Gasteiger partial charge is 0.256 e. The van der Waals surface area contributed by atoms with Gasteiger partial charge in [-0.25, -0.2) is 0 Å². The van der Waals surface area contributed by atoms with Gasteiger partial charge in [0.05, 0.1) is 22.9 Å². The van der Waals surface area contributed by atoms with Crippen molar-refractivity contribution in [3.8, 4) is 6.07 Å². The lowest BCUT2D eigenvalue weighted by atomic mass is 10.1. The quantitative estimate of drug-likeness (QED) is 0.500. The first kappa shape index (κ1) is 21.4. The summed E-state index contributed by atoms with van der Waals surface area (Å²) in [5, 5.41) is 15.2. The number of hydrogen-bond acceptors (Lipinski definition) is 4. The van der Waals surface area contributed by atoms with Gasteiger partial charge in [-0.15, -0.1) is 11.8 Å². The molecule has 150 valence electrons. The Bertz CT molecular complexity index is 1140. The summed E-state index contributed by atoms with van der Waals surface area (Å²) in [5.41, 5.74) is 2.93. The predicted octanol–water partition coefficient (Wildman–Crippen LogP) is 5.50. The number of carbonyl (C=O) groups excluding carboxylic acids is 2. The molecule has 0 atom stereocenters. The number of rotatable bonds is 6. The van der Waals surface area contributed by atoms with Crippen LogP contribution in [0.1, 0.15) is 21.5 Å². The van der Waals surface area contributed by atoms with E-state index in [9.17, 15) is 9.59 Å². The molecule has 5 nitrogen and oxygen atoms in total. The molecule has 0 saturated carbocycles. The third kappa shape index (κ3) is 5.41. The van der Waals surface area contributed by atoms with E-state index in [1.807, 2.05) is 19.1 Å². The minimum absolute atomic E-state index is 0.122. The Kier molecular flexibility index (Phi) is 7.12. The number of benzene rings is 3. The van der Waals surface area contributed by atoms with Crippen LogP contribution in [0, 0.1) is 18.3 Å². The monoisotopic (exact) mass is 435 g/mol. The fraction of sp³-hybridized carbons (Fsp3) is 0.0870. The van der Waals surface area contributed by atoms with Crippen molar-refractivity contribution in [1.29, 1.82) is 5.26 Å². The van der Waals surface area contributed by atoms with Gasteiger partial charge in [-0.1, -0.05) is 35.9 Å². The van der Waals surface area contributed by atoms with Gasteiger partial charge in [0.15, 0.2) is 0 Å². The number of carbonyl (C=O) groups is 2. The van der Waals surface area contributed by atoms with Crippen molar-refractivity contribution >= 4 is 46.6 Å². The molecule has 7 heteroatoms. The topological polar surface area (TPSA) is 82.0 Å². The fourth-order valence-corrected chi connectivity index (χ4v) is 3.74. The SMILES string of the molecule is Cc1c(Cl)cccc1NC(=O)c1ccccc1SCC(=O)Nc1cccc(C#N)c1. The van der Waals surface area contributed by atoms with E-state index in [0.717, 1.165) is 5.56 Å². The normalized spacial score (nSPS) is 10.2. The maximum absolute atomic E-state index is 12.8. The highest BCUT2D eigenvalue weighted by atomic mass is 35.5. The van der Waals surface area contributed by atoms with Crippen molar-refractivity contribution in [2.45, 2.75) is 11.8 Å². The van der Waals surface area contributed by atoms with Gasteiger partial charge >= 0.3 is 0 Å². The molecule has 0 aliphatic rings. The second-order valence-electron chi connectivity index (χ2n) is 6.39. The first-order valence-corrected chi connectivity index (χ1v) is 10.4. The molecule has 30 heavy (non-hydrogen) atoms. The third-order valence-electron chi connectivity index (χ3n) is 4.28. The molecule has 0 aliphatic heterocycles. The average molecular weight is 436 g/mol. The molecule has 0 saturated heterocycles. The van der Waals surface area contributed by atoms with Gasteiger partial charge in [-0.05, 0) is 55.0 Å². The predicted molar refractivity (Wildman–Crippen MR) is 121 cm³/mol. The van der Waals surface area contributed by atoms with Gasteiger partial charge in [-0.3, -0.25) is 9.59 Å². The molecule has 3 aromatic rings. The third-order valence-corrected chi connectivity index (χ3v) is 5.76. The summed E-state index contributed by atoms with van der Waals surface area (Å²) >= 11 is 7.39. The summed E-state index contributed by atoms with van der Waals surface area (Å²) in [4.78, 5) is 25.8. The average Bonchev–Trinajstić information content (AvgIpc) is 2.75. The van der Waals surface area contributed by atoms with E-state index in [1.54, 1.807) is 60.7 Å². The van der Waals surface area contributed by atoms with E-state index in [4.69, 9.17) is 16.9 Å². The Hall–Kier alpha value is -3.27. The Balaban J connectivity index is 1.67. The zero-order valence-electron chi connectivity index (χ0n) is 16.1. The summed E-state index contributed by atoms with van der Waals surface area (Å²) in [5.74, 6) is -0.376. The highest BCUT2D eigenvalue weighted by Gasteiger charge is 2.14. The second kappa shape index (κ2) is 9.97. The van der Waals surface area contributed by atoms with E-state index >= 15 is 0 Å². The van der Waals surface area contributed by atoms with Crippen molar-refractivity contribution < 1.29 is 9.59 Å². The second-order valence-corrected chi connectivity index (χ2v) is 7.82. The molecule has 0 fully saturated rings. The number of nitrogens with one attached hydrogen (secondary N) is 2. The molecule has 0 aliphatic carbocycles. The van der Waals surface area contributed by atoms with Gasteiger partial charge in [0.25, 0.3) is 5.91 Å². The number of thioether (sulfide) groups is 1. The lowest BCUT2D eigenvalue weighted by Gasteiger charge is -2.12. The number of anilines is 2. The van der Waals surface area contributed by atoms with Crippen LogP contribution in [-0.4, -0.2) is 17.6 Å². The van der Waals surface area contributed by atoms with Crippen molar-refractivity contribution in [3.63, 3.8) is 0 Å². The molecule has 2 amide bonds. The van der Waals surface area contributed by atoms with E-state index < -0.39 is 0 Å². The van der Waals surface area contributed by atoms with Crippen molar-refractivity contribution in [2.75, 3.05) is 16.4 Å². The molecule has 0 spiro atoms. The molecule has 3 rings (SSSR count). The van der Waals surface area contributed by atoms with Gasteiger partial charge < -0.3 is 10.6 Å². The van der Waals surface area contributed by atoms with Crippen LogP contribution in [0.15, 0.2) is 71.6 Å². The lowest BCUT2D eigenvalue weighted by Crippen LogP contribution is -2.16. The van der Waals surface area contributed by atoms with Crippen LogP contribution in [0.25, 0.3) is 0 Å². The fourth-order valence-electron chi connectivity index (χ4n) is 2.72. The lowest BCUT2D eigenvalue weighted by molar-refractivity contribution is -0.113. The zero-order valence-corrected chi connectivity index (χ0v) is 17.7. The molecule has 0 radical (unpaired) electrons. The Labute approximate surface area is 184 Å². The summed E-state index contributed by atoms with van der Waals surface area (Å²) in [6, 6.07) is 21.2. The van der Waals surface area contributed by atoms with Crippen molar-refractivity contribution in [3.05, 3.63) is 88.4 Å². The van der Waals surface area contributed by atoms with Crippen molar-refractivity contribution in [2.24, 2.45) is 0 Å². The van der Waals surface area contributed by atoms with Gasteiger partial charge in [0.1, 0.15) is 0 Å². The summed E-state index contributed by atoms with van der Waals surface area (Å²) in [6.07, 6.45) is 0. The molecule has 0 heterocycles. The Morgan fingerprint density at radius 2 is 1.80 bits per heavy atom. The summed E-state index contributed by atoms with van der Waals surface area (Å²) in [7, 11) is 0. The molecule has 2 N–H and O–H groups in total. The Morgan fingerprint density at radius 1 is 1.03 bits per heavy atom. The van der Waals surface area contributed by atoms with Gasteiger partial charge in [0, 0.05) is 21.3 Å². The minimum Gasteiger partial charge on any atom is -0.325 e. The molecular formula is C23H18ClN3O2S. The molecular weight excluding hydrogens is 418 g/mol. The molecule has 0 bridgehead atoms. The molecule has 0 aromatic heterocycles. The molecule has 0 unspecified atom stereocenters. The van der Waals surface area contributed by atoms with Crippen molar-refractivity contribution in [1.82, 2.24) is 0 Å². The van der Waals surface area contributed by atoms with Crippen LogP contribution in [0.5, 0.6) is 0 Å². The number of nitrogens with zero attached hydrogens (tertiary/aromatic N) is 1. The Morgan fingerprint density at radius 3 is 2.60 bits per heavy atom. The number of nitriles is 1. The van der Waals surface area contributed by atoms with Crippen LogP contribution >= 0.6 is 23.4 Å². The first-order chi connectivity index (χ1) is 14.5. The first-order valence-electron chi connectivity index (χ1n) is 9.06. The highest BCUT2D eigenvalue weighted by Crippen LogP contribution is 2.26. The van der Waals surface area contributed by atoms with Crippen LogP contribution < -0.4 is 10.6 Å². The van der Waals surface area contributed by atoms with E-state index in [2.05, 4.69) is 10.6 Å². The van der Waals surface area contributed by atoms with E-state index in [1.165, 1.54) is 11.8 Å².